The van der Waals surface area contributed by atoms with Gasteiger partial charge in [0, 0.05) is 31.5 Å². The molecule has 0 amide bonds. The van der Waals surface area contributed by atoms with E-state index in [1.807, 2.05) is 44.9 Å². The first-order valence-electron chi connectivity index (χ1n) is 5.89. The summed E-state index contributed by atoms with van der Waals surface area (Å²) in [6.07, 6.45) is 3.54. The molecule has 2 rings (SSSR count). The first kappa shape index (κ1) is 12.6. The van der Waals surface area contributed by atoms with Crippen molar-refractivity contribution in [2.75, 3.05) is 7.05 Å². The third-order valence-electron chi connectivity index (χ3n) is 2.88. The van der Waals surface area contributed by atoms with Crippen LogP contribution in [0.1, 0.15) is 17.0 Å². The molecule has 0 radical (unpaired) electrons. The molecule has 0 atom stereocenters. The van der Waals surface area contributed by atoms with Gasteiger partial charge >= 0.3 is 0 Å². The van der Waals surface area contributed by atoms with E-state index in [9.17, 15) is 0 Å². The van der Waals surface area contributed by atoms with E-state index in [2.05, 4.69) is 15.4 Å². The lowest BCUT2D eigenvalue weighted by Gasteiger charge is -2.10. The second kappa shape index (κ2) is 5.18. The summed E-state index contributed by atoms with van der Waals surface area (Å²) < 4.78 is 7.80. The predicted octanol–water partition coefficient (Wildman–Crippen LogP) is 1.94. The third-order valence-corrected chi connectivity index (χ3v) is 2.88. The summed E-state index contributed by atoms with van der Waals surface area (Å²) in [7, 11) is 3.81. The van der Waals surface area contributed by atoms with Crippen LogP contribution in [0.3, 0.4) is 0 Å². The lowest BCUT2D eigenvalue weighted by molar-refractivity contribution is 0.465. The number of aryl methyl sites for hydroxylation is 2. The second-order valence-electron chi connectivity index (χ2n) is 4.24. The first-order chi connectivity index (χ1) is 8.63. The van der Waals surface area contributed by atoms with E-state index in [4.69, 9.17) is 4.74 Å². The molecule has 0 saturated carbocycles. The van der Waals surface area contributed by atoms with Crippen molar-refractivity contribution in [3.05, 3.63) is 35.4 Å². The van der Waals surface area contributed by atoms with Crippen molar-refractivity contribution in [3.8, 4) is 11.5 Å². The Morgan fingerprint density at radius 2 is 2.17 bits per heavy atom. The molecule has 0 aromatic carbocycles. The van der Waals surface area contributed by atoms with Gasteiger partial charge in [-0.2, -0.15) is 5.10 Å². The molecule has 0 aliphatic rings. The molecule has 1 N–H and O–H groups in total. The van der Waals surface area contributed by atoms with E-state index in [0.717, 1.165) is 35.0 Å². The summed E-state index contributed by atoms with van der Waals surface area (Å²) in [5.41, 5.74) is 2.93. The monoisotopic (exact) mass is 246 g/mol. The highest BCUT2D eigenvalue weighted by Crippen LogP contribution is 2.29. The van der Waals surface area contributed by atoms with Gasteiger partial charge in [-0.15, -0.1) is 0 Å². The normalized spacial score (nSPS) is 10.7. The highest BCUT2D eigenvalue weighted by molar-refractivity contribution is 5.40. The molecule has 0 unspecified atom stereocenters. The van der Waals surface area contributed by atoms with Crippen molar-refractivity contribution < 1.29 is 4.74 Å². The van der Waals surface area contributed by atoms with Gasteiger partial charge in [0.2, 0.25) is 0 Å². The Labute approximate surface area is 107 Å². The predicted molar refractivity (Wildman–Crippen MR) is 69.8 cm³/mol. The quantitative estimate of drug-likeness (QED) is 0.895. The number of nitrogens with zero attached hydrogens (tertiary/aromatic N) is 3. The Bertz CT molecular complexity index is 548. The van der Waals surface area contributed by atoms with Crippen molar-refractivity contribution >= 4 is 0 Å². The summed E-state index contributed by atoms with van der Waals surface area (Å²) >= 11 is 0. The number of aromatic nitrogens is 3. The maximum absolute atomic E-state index is 5.98. The lowest BCUT2D eigenvalue weighted by atomic mass is 10.2. The van der Waals surface area contributed by atoms with Crippen molar-refractivity contribution in [2.45, 2.75) is 20.4 Å². The highest BCUT2D eigenvalue weighted by atomic mass is 16.5. The molecular weight excluding hydrogens is 228 g/mol. The fraction of sp³-hybridized carbons (Fsp3) is 0.385. The molecular formula is C13H18N4O. The Hall–Kier alpha value is -1.88. The zero-order valence-electron chi connectivity index (χ0n) is 11.2. The van der Waals surface area contributed by atoms with Crippen LogP contribution in [-0.4, -0.2) is 21.8 Å². The topological polar surface area (TPSA) is 52.0 Å². The van der Waals surface area contributed by atoms with E-state index < -0.39 is 0 Å². The molecule has 5 nitrogen and oxygen atoms in total. The minimum atomic E-state index is 0.724. The summed E-state index contributed by atoms with van der Waals surface area (Å²) in [6.45, 7) is 4.66. The van der Waals surface area contributed by atoms with Crippen LogP contribution in [0.5, 0.6) is 11.5 Å². The van der Waals surface area contributed by atoms with E-state index >= 15 is 0 Å². The van der Waals surface area contributed by atoms with E-state index in [0.29, 0.717) is 0 Å². The Morgan fingerprint density at radius 1 is 1.39 bits per heavy atom. The van der Waals surface area contributed by atoms with Crippen LogP contribution in [0.25, 0.3) is 0 Å². The summed E-state index contributed by atoms with van der Waals surface area (Å²) in [6, 6.07) is 1.87. The summed E-state index contributed by atoms with van der Waals surface area (Å²) in [4.78, 5) is 4.11. The maximum Gasteiger partial charge on any atom is 0.171 e. The van der Waals surface area contributed by atoms with Crippen LogP contribution < -0.4 is 10.1 Å². The van der Waals surface area contributed by atoms with Crippen LogP contribution in [0.2, 0.25) is 0 Å². The number of pyridine rings is 1. The van der Waals surface area contributed by atoms with Gasteiger partial charge in [0.05, 0.1) is 5.69 Å². The molecule has 5 heteroatoms. The SMILES string of the molecule is CNCc1cnccc1Oc1c(C)nn(C)c1C. The second-order valence-corrected chi connectivity index (χ2v) is 4.24. The van der Waals surface area contributed by atoms with E-state index in [1.54, 1.807) is 6.20 Å². The Morgan fingerprint density at radius 3 is 2.78 bits per heavy atom. The van der Waals surface area contributed by atoms with Crippen LogP contribution in [0.4, 0.5) is 0 Å². The van der Waals surface area contributed by atoms with Gasteiger partial charge in [0.25, 0.3) is 0 Å². The molecule has 18 heavy (non-hydrogen) atoms. The molecule has 2 aromatic rings. The molecule has 0 fully saturated rings. The van der Waals surface area contributed by atoms with Crippen molar-refractivity contribution in [1.82, 2.24) is 20.1 Å². The number of hydrogen-bond donors (Lipinski definition) is 1. The van der Waals surface area contributed by atoms with Crippen LogP contribution in [0.15, 0.2) is 18.5 Å². The molecule has 2 aromatic heterocycles. The zero-order valence-corrected chi connectivity index (χ0v) is 11.2. The molecule has 0 bridgehead atoms. The summed E-state index contributed by atoms with van der Waals surface area (Å²) in [5, 5.41) is 7.45. The Kier molecular flexibility index (Phi) is 3.62. The molecule has 0 saturated heterocycles. The molecule has 96 valence electrons. The van der Waals surface area contributed by atoms with Gasteiger partial charge in [-0.25, -0.2) is 0 Å². The number of rotatable bonds is 4. The van der Waals surface area contributed by atoms with E-state index in [-0.39, 0.29) is 0 Å². The number of nitrogens with one attached hydrogen (secondary N) is 1. The average Bonchev–Trinajstić information content (AvgIpc) is 2.59. The van der Waals surface area contributed by atoms with Crippen LogP contribution >= 0.6 is 0 Å². The minimum Gasteiger partial charge on any atom is -0.453 e. The van der Waals surface area contributed by atoms with Gasteiger partial charge in [-0.05, 0) is 27.0 Å². The largest absolute Gasteiger partial charge is 0.453 e. The average molecular weight is 246 g/mol. The van der Waals surface area contributed by atoms with Gasteiger partial charge < -0.3 is 10.1 Å². The van der Waals surface area contributed by atoms with E-state index in [1.165, 1.54) is 0 Å². The fourth-order valence-corrected chi connectivity index (χ4v) is 1.85. The molecule has 0 spiro atoms. The van der Waals surface area contributed by atoms with Gasteiger partial charge in [-0.1, -0.05) is 0 Å². The Balaban J connectivity index is 2.34. The number of hydrogen-bond acceptors (Lipinski definition) is 4. The van der Waals surface area contributed by atoms with Crippen molar-refractivity contribution in [3.63, 3.8) is 0 Å². The third kappa shape index (κ3) is 2.36. The highest BCUT2D eigenvalue weighted by Gasteiger charge is 2.13. The van der Waals surface area contributed by atoms with Gasteiger partial charge in [0.15, 0.2) is 5.75 Å². The molecule has 2 heterocycles. The standard InChI is InChI=1S/C13H18N4O/c1-9-13(10(2)17(4)16-9)18-12-5-6-15-8-11(12)7-14-3/h5-6,8,14H,7H2,1-4H3. The lowest BCUT2D eigenvalue weighted by Crippen LogP contribution is -2.06. The molecule has 0 aliphatic heterocycles. The maximum atomic E-state index is 5.98. The molecule has 0 aliphatic carbocycles. The van der Waals surface area contributed by atoms with Crippen LogP contribution in [-0.2, 0) is 13.6 Å². The summed E-state index contributed by atoms with van der Waals surface area (Å²) in [5.74, 6) is 1.64. The zero-order chi connectivity index (χ0) is 13.1. The van der Waals surface area contributed by atoms with Crippen LogP contribution in [0, 0.1) is 13.8 Å². The van der Waals surface area contributed by atoms with Crippen molar-refractivity contribution in [1.29, 1.82) is 0 Å². The number of ether oxygens (including phenoxy) is 1. The van der Waals surface area contributed by atoms with Gasteiger partial charge in [0.1, 0.15) is 11.4 Å². The first-order valence-corrected chi connectivity index (χ1v) is 5.89. The minimum absolute atomic E-state index is 0.724. The fourth-order valence-electron chi connectivity index (χ4n) is 1.85. The van der Waals surface area contributed by atoms with Crippen molar-refractivity contribution in [2.24, 2.45) is 7.05 Å². The smallest absolute Gasteiger partial charge is 0.171 e. The van der Waals surface area contributed by atoms with Gasteiger partial charge in [-0.3, -0.25) is 9.67 Å².